The fourth-order valence-electron chi connectivity index (χ4n) is 9.81. The van der Waals surface area contributed by atoms with E-state index in [9.17, 15) is 0 Å². The second kappa shape index (κ2) is 30.7. The van der Waals surface area contributed by atoms with Crippen molar-refractivity contribution in [2.24, 2.45) is 5.92 Å². The normalized spacial score (nSPS) is 12.2. The summed E-state index contributed by atoms with van der Waals surface area (Å²) in [6, 6.07) is 40.7. The van der Waals surface area contributed by atoms with E-state index < -0.39 is 15.2 Å². The first-order chi connectivity index (χ1) is 29.0. The van der Waals surface area contributed by atoms with Gasteiger partial charge >= 0.3 is 292 Å². The zero-order valence-corrected chi connectivity index (χ0v) is 40.6. The van der Waals surface area contributed by atoms with Crippen LogP contribution in [0.3, 0.4) is 0 Å². The molecule has 4 rings (SSSR count). The van der Waals surface area contributed by atoms with E-state index in [4.69, 9.17) is 0 Å². The third-order valence-corrected chi connectivity index (χ3v) is 20.6. The Kier molecular flexibility index (Phi) is 25.7. The third kappa shape index (κ3) is 20.0. The summed E-state index contributed by atoms with van der Waals surface area (Å²) in [6.07, 6.45) is 40.7. The molecule has 0 aliphatic rings. The van der Waals surface area contributed by atoms with Gasteiger partial charge in [0.2, 0.25) is 0 Å². The second-order valence-electron chi connectivity index (χ2n) is 19.0. The van der Waals surface area contributed by atoms with Crippen LogP contribution in [0.15, 0.2) is 109 Å². The van der Waals surface area contributed by atoms with E-state index in [-0.39, 0.29) is 0 Å². The van der Waals surface area contributed by atoms with Crippen molar-refractivity contribution in [1.82, 2.24) is 0 Å². The molecule has 326 valence electrons. The van der Waals surface area contributed by atoms with Gasteiger partial charge in [-0.2, -0.15) is 0 Å². The van der Waals surface area contributed by atoms with Gasteiger partial charge in [-0.3, -0.25) is 0 Å². The van der Waals surface area contributed by atoms with Crippen LogP contribution in [0.5, 0.6) is 0 Å². The van der Waals surface area contributed by atoms with Crippen LogP contribution in [-0.2, 0) is 0 Å². The van der Waals surface area contributed by atoms with E-state index >= 15 is 0 Å². The average molecular weight is 835 g/mol. The zero-order valence-electron chi connectivity index (χ0n) is 38.7. The molecule has 0 amide bonds. The van der Waals surface area contributed by atoms with Gasteiger partial charge in [0, 0.05) is 0 Å². The van der Waals surface area contributed by atoms with Crippen LogP contribution in [0.25, 0.3) is 22.3 Å². The monoisotopic (exact) mass is 835 g/mol. The molecule has 0 saturated carbocycles. The van der Waals surface area contributed by atoms with E-state index in [1.807, 2.05) is 0 Å². The Morgan fingerprint density at radius 3 is 1.08 bits per heavy atom. The molecule has 0 radical (unpaired) electrons. The van der Waals surface area contributed by atoms with Crippen LogP contribution in [0, 0.1) is 5.92 Å². The van der Waals surface area contributed by atoms with Gasteiger partial charge in [-0.25, -0.2) is 0 Å². The fraction of sp³-hybridized carbons (Fsp3) is 0.579. The maximum absolute atomic E-state index is 2.77. The van der Waals surface area contributed by atoms with Gasteiger partial charge in [0.25, 0.3) is 0 Å². The fourth-order valence-corrected chi connectivity index (χ4v) is 17.4. The van der Waals surface area contributed by atoms with Crippen LogP contribution in [-0.4, -0.2) is 31.3 Å². The standard InChI is InChI=1S/C57H88P2/c1-5-6-7-8-9-10-11-12-13-14-15-16-17-18-19-20-21-22-24-37-48-59(4,50-51(2)3)49-38-25-23-36-47-58(56-45-34-32-43-54(56)52-39-28-26-29-40-52)57-46-35-33-44-55(57)53-41-30-27-31-42-53/h26-35,39-46,51,59H,5-25,36-38,47-50H2,1-4H3. The molecular formula is C57H88P2. The summed E-state index contributed by atoms with van der Waals surface area (Å²) in [5.41, 5.74) is 5.48. The van der Waals surface area contributed by atoms with Crippen LogP contribution in [0.4, 0.5) is 0 Å². The van der Waals surface area contributed by atoms with E-state index in [0.29, 0.717) is 0 Å². The molecule has 4 aromatic rings. The molecule has 59 heavy (non-hydrogen) atoms. The van der Waals surface area contributed by atoms with Gasteiger partial charge in [-0.1, -0.05) is 76.8 Å². The molecule has 0 spiro atoms. The van der Waals surface area contributed by atoms with Crippen LogP contribution >= 0.6 is 15.2 Å². The van der Waals surface area contributed by atoms with Crippen molar-refractivity contribution in [2.75, 3.05) is 31.3 Å². The molecule has 0 unspecified atom stereocenters. The van der Waals surface area contributed by atoms with Crippen molar-refractivity contribution in [3.8, 4) is 22.3 Å². The molecule has 0 aliphatic carbocycles. The molecule has 2 heteroatoms. The quantitative estimate of drug-likeness (QED) is 0.0325. The summed E-state index contributed by atoms with van der Waals surface area (Å²) in [6.45, 7) is 10.0. The van der Waals surface area contributed by atoms with Gasteiger partial charge in [0.05, 0.1) is 0 Å². The second-order valence-corrected chi connectivity index (χ2v) is 26.3. The molecule has 0 bridgehead atoms. The predicted molar refractivity (Wildman–Crippen MR) is 275 cm³/mol. The number of benzene rings is 4. The first-order valence-electron chi connectivity index (χ1n) is 25.1. The van der Waals surface area contributed by atoms with Crippen LogP contribution in [0.1, 0.15) is 175 Å². The van der Waals surface area contributed by atoms with Crippen molar-refractivity contribution < 1.29 is 0 Å². The van der Waals surface area contributed by atoms with Crippen molar-refractivity contribution in [3.63, 3.8) is 0 Å². The molecule has 0 N–H and O–H groups in total. The summed E-state index contributed by atoms with van der Waals surface area (Å²) in [5, 5.41) is 3.06. The van der Waals surface area contributed by atoms with Gasteiger partial charge in [0.1, 0.15) is 0 Å². The molecule has 0 fully saturated rings. The van der Waals surface area contributed by atoms with Crippen molar-refractivity contribution >= 4 is 25.8 Å². The Labute approximate surface area is 367 Å². The first-order valence-corrected chi connectivity index (χ1v) is 29.7. The Balaban J connectivity index is 1.14. The van der Waals surface area contributed by atoms with Crippen molar-refractivity contribution in [1.29, 1.82) is 0 Å². The zero-order chi connectivity index (χ0) is 41.6. The minimum atomic E-state index is -1.20. The Morgan fingerprint density at radius 2 is 0.712 bits per heavy atom. The summed E-state index contributed by atoms with van der Waals surface area (Å²) in [5.74, 6) is 0.842. The maximum atomic E-state index is 2.77. The predicted octanol–water partition coefficient (Wildman–Crippen LogP) is 17.9. The van der Waals surface area contributed by atoms with Crippen molar-refractivity contribution in [2.45, 2.75) is 175 Å². The van der Waals surface area contributed by atoms with Gasteiger partial charge in [-0.15, -0.1) is 0 Å². The van der Waals surface area contributed by atoms with E-state index in [0.717, 1.165) is 5.92 Å². The SMILES string of the molecule is CCCCCCCCCCCCCCCCCCCCCC[PH](C)(CCCCCCP(c1ccccc1-c1ccccc1)c1ccccc1-c1ccccc1)CC(C)C. The van der Waals surface area contributed by atoms with Gasteiger partial charge in [0.15, 0.2) is 0 Å². The van der Waals surface area contributed by atoms with Gasteiger partial charge in [-0.05, 0) is 0 Å². The topological polar surface area (TPSA) is 0 Å². The first kappa shape index (κ1) is 49.4. The summed E-state index contributed by atoms with van der Waals surface area (Å²) in [4.78, 5) is 0. The molecule has 0 saturated heterocycles. The Hall–Kier alpha value is -2.26. The molecule has 0 heterocycles. The van der Waals surface area contributed by atoms with Gasteiger partial charge < -0.3 is 0 Å². The molecule has 4 aromatic carbocycles. The minimum absolute atomic E-state index is 0.511. The Morgan fingerprint density at radius 1 is 0.390 bits per heavy atom. The summed E-state index contributed by atoms with van der Waals surface area (Å²) < 4.78 is 0. The van der Waals surface area contributed by atoms with Crippen LogP contribution < -0.4 is 10.6 Å². The molecule has 0 atom stereocenters. The van der Waals surface area contributed by atoms with E-state index in [1.54, 1.807) is 6.16 Å². The molecular weight excluding hydrogens is 747 g/mol. The van der Waals surface area contributed by atoms with Crippen LogP contribution in [0.2, 0.25) is 0 Å². The Bertz CT molecular complexity index is 1510. The van der Waals surface area contributed by atoms with E-state index in [2.05, 4.69) is 137 Å². The number of unbranched alkanes of at least 4 members (excludes halogenated alkanes) is 22. The molecule has 0 aliphatic heterocycles. The molecule has 0 nitrogen and oxygen atoms in total. The van der Waals surface area contributed by atoms with E-state index in [1.165, 1.54) is 205 Å². The average Bonchev–Trinajstić information content (AvgIpc) is 3.26. The molecule has 0 aromatic heterocycles. The number of hydrogen-bond donors (Lipinski definition) is 0. The number of rotatable bonds is 34. The summed E-state index contributed by atoms with van der Waals surface area (Å²) in [7, 11) is -1.71. The third-order valence-electron chi connectivity index (χ3n) is 13.0. The number of hydrogen-bond acceptors (Lipinski definition) is 0. The summed E-state index contributed by atoms with van der Waals surface area (Å²) >= 11 is 0. The van der Waals surface area contributed by atoms with Crippen molar-refractivity contribution in [3.05, 3.63) is 109 Å².